The summed E-state index contributed by atoms with van der Waals surface area (Å²) >= 11 is 5.56. The van der Waals surface area contributed by atoms with Gasteiger partial charge in [-0.2, -0.15) is 0 Å². The van der Waals surface area contributed by atoms with Gasteiger partial charge in [0.1, 0.15) is 5.75 Å². The fourth-order valence-corrected chi connectivity index (χ4v) is 1.37. The van der Waals surface area contributed by atoms with E-state index in [0.717, 1.165) is 17.7 Å². The van der Waals surface area contributed by atoms with Gasteiger partial charge in [-0.1, -0.05) is 18.1 Å². The molecule has 84 valence electrons. The molecule has 16 heavy (non-hydrogen) atoms. The van der Waals surface area contributed by atoms with Crippen LogP contribution in [0.1, 0.15) is 13.3 Å². The van der Waals surface area contributed by atoms with Gasteiger partial charge in [-0.3, -0.25) is 0 Å². The van der Waals surface area contributed by atoms with Gasteiger partial charge < -0.3 is 9.15 Å². The molecule has 0 radical (unpaired) electrons. The van der Waals surface area contributed by atoms with Crippen LogP contribution in [0.15, 0.2) is 28.7 Å². The lowest BCUT2D eigenvalue weighted by Crippen LogP contribution is -1.94. The number of nitrogens with zero attached hydrogens (tertiary/aromatic N) is 2. The van der Waals surface area contributed by atoms with Crippen molar-refractivity contribution in [1.29, 1.82) is 0 Å². The molecule has 0 saturated heterocycles. The number of halogens is 1. The van der Waals surface area contributed by atoms with Crippen molar-refractivity contribution in [3.05, 3.63) is 29.6 Å². The molecule has 0 aliphatic rings. The summed E-state index contributed by atoms with van der Waals surface area (Å²) in [6, 6.07) is 7.47. The zero-order valence-corrected chi connectivity index (χ0v) is 9.57. The van der Waals surface area contributed by atoms with E-state index in [2.05, 4.69) is 17.1 Å². The van der Waals surface area contributed by atoms with E-state index in [9.17, 15) is 0 Å². The number of hydrogen-bond donors (Lipinski definition) is 0. The van der Waals surface area contributed by atoms with Gasteiger partial charge in [0.05, 0.1) is 6.61 Å². The van der Waals surface area contributed by atoms with Crippen molar-refractivity contribution >= 4 is 11.6 Å². The molecule has 1 aromatic carbocycles. The second-order valence-electron chi connectivity index (χ2n) is 3.24. The molecule has 1 aromatic heterocycles. The highest BCUT2D eigenvalue weighted by atomic mass is 35.5. The van der Waals surface area contributed by atoms with E-state index in [4.69, 9.17) is 20.8 Å². The van der Waals surface area contributed by atoms with Gasteiger partial charge in [0.15, 0.2) is 0 Å². The fourth-order valence-electron chi connectivity index (χ4n) is 1.26. The highest BCUT2D eigenvalue weighted by Crippen LogP contribution is 2.23. The molecule has 0 fully saturated rings. The summed E-state index contributed by atoms with van der Waals surface area (Å²) in [5.41, 5.74) is 0.799. The molecular weight excluding hydrogens is 228 g/mol. The minimum atomic E-state index is 0.0369. The van der Waals surface area contributed by atoms with E-state index < -0.39 is 0 Å². The molecule has 0 aliphatic heterocycles. The maximum absolute atomic E-state index is 5.56. The van der Waals surface area contributed by atoms with Crippen LogP contribution in [0.2, 0.25) is 5.35 Å². The fraction of sp³-hybridized carbons (Fsp3) is 0.273. The lowest BCUT2D eigenvalue weighted by atomic mass is 10.2. The topological polar surface area (TPSA) is 48.2 Å². The van der Waals surface area contributed by atoms with Crippen molar-refractivity contribution < 1.29 is 9.15 Å². The van der Waals surface area contributed by atoms with Crippen LogP contribution in [0.25, 0.3) is 11.5 Å². The third-order valence-electron chi connectivity index (χ3n) is 1.95. The van der Waals surface area contributed by atoms with Crippen molar-refractivity contribution in [3.8, 4) is 17.2 Å². The molecule has 0 spiro atoms. The van der Waals surface area contributed by atoms with E-state index >= 15 is 0 Å². The van der Waals surface area contributed by atoms with Crippen molar-refractivity contribution in [2.45, 2.75) is 13.3 Å². The summed E-state index contributed by atoms with van der Waals surface area (Å²) in [7, 11) is 0. The molecular formula is C11H11ClN2O2. The first kappa shape index (κ1) is 11.0. The maximum Gasteiger partial charge on any atom is 0.313 e. The zero-order valence-electron chi connectivity index (χ0n) is 8.81. The van der Waals surface area contributed by atoms with Gasteiger partial charge in [-0.25, -0.2) is 0 Å². The number of hydrogen-bond acceptors (Lipinski definition) is 4. The van der Waals surface area contributed by atoms with E-state index in [1.807, 2.05) is 24.3 Å². The quantitative estimate of drug-likeness (QED) is 0.821. The van der Waals surface area contributed by atoms with Gasteiger partial charge in [-0.05, 0) is 36.2 Å². The molecule has 0 amide bonds. The van der Waals surface area contributed by atoms with E-state index in [0.29, 0.717) is 12.5 Å². The average molecular weight is 239 g/mol. The Balaban J connectivity index is 2.22. The Bertz CT molecular complexity index is 471. The lowest BCUT2D eigenvalue weighted by molar-refractivity contribution is 0.317. The van der Waals surface area contributed by atoms with Crippen LogP contribution in [0.5, 0.6) is 5.75 Å². The van der Waals surface area contributed by atoms with Crippen LogP contribution >= 0.6 is 11.6 Å². The number of ether oxygens (including phenoxy) is 1. The monoisotopic (exact) mass is 238 g/mol. The Kier molecular flexibility index (Phi) is 3.41. The number of rotatable bonds is 4. The minimum Gasteiger partial charge on any atom is -0.494 e. The molecule has 0 saturated carbocycles. The van der Waals surface area contributed by atoms with Gasteiger partial charge in [0, 0.05) is 5.56 Å². The SMILES string of the molecule is CCCOc1cccc(-c2nnc(Cl)o2)c1. The average Bonchev–Trinajstić information content (AvgIpc) is 2.74. The molecule has 5 heteroatoms. The van der Waals surface area contributed by atoms with Crippen molar-refractivity contribution in [1.82, 2.24) is 10.2 Å². The first-order valence-corrected chi connectivity index (χ1v) is 5.39. The van der Waals surface area contributed by atoms with Gasteiger partial charge in [0.25, 0.3) is 0 Å². The molecule has 1 heterocycles. The normalized spacial score (nSPS) is 10.4. The maximum atomic E-state index is 5.56. The first-order valence-electron chi connectivity index (χ1n) is 5.02. The van der Waals surface area contributed by atoms with E-state index in [1.165, 1.54) is 0 Å². The first-order chi connectivity index (χ1) is 7.79. The second kappa shape index (κ2) is 4.99. The minimum absolute atomic E-state index is 0.0369. The highest BCUT2D eigenvalue weighted by Gasteiger charge is 2.07. The van der Waals surface area contributed by atoms with Crippen LogP contribution in [-0.4, -0.2) is 16.8 Å². The Labute approximate surface area is 98.2 Å². The second-order valence-corrected chi connectivity index (χ2v) is 3.56. The van der Waals surface area contributed by atoms with Gasteiger partial charge in [0.2, 0.25) is 5.89 Å². The predicted molar refractivity (Wildman–Crippen MR) is 60.5 cm³/mol. The van der Waals surface area contributed by atoms with E-state index in [-0.39, 0.29) is 5.35 Å². The highest BCUT2D eigenvalue weighted by molar-refractivity contribution is 6.27. The molecule has 0 aliphatic carbocycles. The molecule has 0 bridgehead atoms. The van der Waals surface area contributed by atoms with Crippen LogP contribution in [0, 0.1) is 0 Å². The van der Waals surface area contributed by atoms with Crippen molar-refractivity contribution in [3.63, 3.8) is 0 Å². The van der Waals surface area contributed by atoms with Crippen molar-refractivity contribution in [2.75, 3.05) is 6.61 Å². The third-order valence-corrected chi connectivity index (χ3v) is 2.11. The summed E-state index contributed by atoms with van der Waals surface area (Å²) in [6.07, 6.45) is 0.969. The molecule has 2 aromatic rings. The smallest absolute Gasteiger partial charge is 0.313 e. The van der Waals surface area contributed by atoms with Gasteiger partial charge in [-0.15, -0.1) is 5.10 Å². The molecule has 0 N–H and O–H groups in total. The van der Waals surface area contributed by atoms with Crippen LogP contribution in [-0.2, 0) is 0 Å². The summed E-state index contributed by atoms with van der Waals surface area (Å²) in [4.78, 5) is 0. The zero-order chi connectivity index (χ0) is 11.4. The molecule has 0 atom stereocenters. The van der Waals surface area contributed by atoms with Crippen LogP contribution < -0.4 is 4.74 Å². The Morgan fingerprint density at radius 2 is 2.25 bits per heavy atom. The molecule has 2 rings (SSSR count). The summed E-state index contributed by atoms with van der Waals surface area (Å²) < 4.78 is 10.6. The number of benzene rings is 1. The summed E-state index contributed by atoms with van der Waals surface area (Å²) in [5, 5.41) is 7.43. The third kappa shape index (κ3) is 2.52. The van der Waals surface area contributed by atoms with Crippen LogP contribution in [0.3, 0.4) is 0 Å². The van der Waals surface area contributed by atoms with Crippen LogP contribution in [0.4, 0.5) is 0 Å². The molecule has 0 unspecified atom stereocenters. The lowest BCUT2D eigenvalue weighted by Gasteiger charge is -2.04. The standard InChI is InChI=1S/C11H11ClN2O2/c1-2-6-15-9-5-3-4-8(7-9)10-13-14-11(12)16-10/h3-5,7H,2,6H2,1H3. The molecule has 4 nitrogen and oxygen atoms in total. The predicted octanol–water partition coefficient (Wildman–Crippen LogP) is 3.18. The van der Waals surface area contributed by atoms with Crippen molar-refractivity contribution in [2.24, 2.45) is 0 Å². The Hall–Kier alpha value is -1.55. The Morgan fingerprint density at radius 3 is 2.94 bits per heavy atom. The summed E-state index contributed by atoms with van der Waals surface area (Å²) in [5.74, 6) is 1.18. The largest absolute Gasteiger partial charge is 0.494 e. The summed E-state index contributed by atoms with van der Waals surface area (Å²) in [6.45, 7) is 2.75. The number of aromatic nitrogens is 2. The van der Waals surface area contributed by atoms with E-state index in [1.54, 1.807) is 0 Å². The van der Waals surface area contributed by atoms with Gasteiger partial charge >= 0.3 is 5.35 Å². The Morgan fingerprint density at radius 1 is 1.38 bits per heavy atom.